The smallest absolute Gasteiger partial charge is 0.131 e. The van der Waals surface area contributed by atoms with Crippen LogP contribution in [-0.2, 0) is 6.61 Å². The molecule has 0 amide bonds. The summed E-state index contributed by atoms with van der Waals surface area (Å²) in [6.45, 7) is 2.42. The summed E-state index contributed by atoms with van der Waals surface area (Å²) < 4.78 is 5.88. The molecule has 3 rings (SSSR count). The van der Waals surface area contributed by atoms with E-state index in [9.17, 15) is 0 Å². The number of nitrogens with one attached hydrogen (secondary N) is 1. The molecule has 0 aliphatic heterocycles. The number of nitrogens with zero attached hydrogens (tertiary/aromatic N) is 2. The first kappa shape index (κ1) is 12.2. The third-order valence-electron chi connectivity index (χ3n) is 3.21. The number of aromatic amines is 1. The zero-order valence-electron chi connectivity index (χ0n) is 11.1. The van der Waals surface area contributed by atoms with Crippen molar-refractivity contribution in [3.05, 3.63) is 59.3 Å². The van der Waals surface area contributed by atoms with Crippen LogP contribution in [0.1, 0.15) is 16.8 Å². The topological polar surface area (TPSA) is 61.7 Å². The Hall–Kier alpha value is -2.80. The van der Waals surface area contributed by atoms with Crippen LogP contribution < -0.4 is 4.74 Å². The van der Waals surface area contributed by atoms with Gasteiger partial charge in [-0.2, -0.15) is 10.4 Å². The van der Waals surface area contributed by atoms with Crippen LogP contribution in [0.2, 0.25) is 0 Å². The molecular weight excluding hydrogens is 250 g/mol. The Kier molecular flexibility index (Phi) is 3.10. The number of ether oxygens (including phenoxy) is 1. The van der Waals surface area contributed by atoms with Gasteiger partial charge in [0.15, 0.2) is 0 Å². The predicted octanol–water partition coefficient (Wildman–Crippen LogP) is 3.32. The van der Waals surface area contributed by atoms with E-state index in [2.05, 4.69) is 16.3 Å². The third-order valence-corrected chi connectivity index (χ3v) is 3.21. The van der Waals surface area contributed by atoms with Crippen LogP contribution in [0, 0.1) is 18.3 Å². The highest BCUT2D eigenvalue weighted by molar-refractivity contribution is 5.87. The molecule has 1 N–H and O–H groups in total. The van der Waals surface area contributed by atoms with Crippen molar-refractivity contribution in [3.8, 4) is 11.8 Å². The summed E-state index contributed by atoms with van der Waals surface area (Å²) in [7, 11) is 0. The predicted molar refractivity (Wildman–Crippen MR) is 76.3 cm³/mol. The highest BCUT2D eigenvalue weighted by Gasteiger charge is 2.07. The molecule has 0 atom stereocenters. The SMILES string of the molecule is Cc1n[nH]c2cccc(OCc3ccc(C#N)cc3)c12. The Morgan fingerprint density at radius 3 is 2.75 bits per heavy atom. The first-order valence-corrected chi connectivity index (χ1v) is 6.33. The molecule has 2 aromatic carbocycles. The van der Waals surface area contributed by atoms with E-state index in [0.29, 0.717) is 12.2 Å². The highest BCUT2D eigenvalue weighted by Crippen LogP contribution is 2.27. The van der Waals surface area contributed by atoms with E-state index in [4.69, 9.17) is 10.00 Å². The van der Waals surface area contributed by atoms with Gasteiger partial charge in [0.25, 0.3) is 0 Å². The fourth-order valence-corrected chi connectivity index (χ4v) is 2.15. The molecule has 0 spiro atoms. The number of nitriles is 1. The zero-order chi connectivity index (χ0) is 13.9. The Morgan fingerprint density at radius 2 is 2.00 bits per heavy atom. The van der Waals surface area contributed by atoms with Crippen molar-refractivity contribution >= 4 is 10.9 Å². The number of aromatic nitrogens is 2. The van der Waals surface area contributed by atoms with Crippen molar-refractivity contribution in [1.82, 2.24) is 10.2 Å². The Balaban J connectivity index is 1.83. The maximum Gasteiger partial charge on any atom is 0.131 e. The largest absolute Gasteiger partial charge is 0.488 e. The maximum atomic E-state index is 8.77. The van der Waals surface area contributed by atoms with Crippen molar-refractivity contribution in [3.63, 3.8) is 0 Å². The Bertz CT molecular complexity index is 782. The number of H-pyrrole nitrogens is 1. The summed E-state index contributed by atoms with van der Waals surface area (Å²) in [4.78, 5) is 0. The van der Waals surface area contributed by atoms with E-state index >= 15 is 0 Å². The fraction of sp³-hybridized carbons (Fsp3) is 0.125. The maximum absolute atomic E-state index is 8.77. The second-order valence-corrected chi connectivity index (χ2v) is 4.59. The van der Waals surface area contributed by atoms with Gasteiger partial charge in [-0.3, -0.25) is 5.10 Å². The van der Waals surface area contributed by atoms with Crippen LogP contribution in [0.25, 0.3) is 10.9 Å². The quantitative estimate of drug-likeness (QED) is 0.788. The Morgan fingerprint density at radius 1 is 1.20 bits per heavy atom. The van der Waals surface area contributed by atoms with Crippen LogP contribution in [0.4, 0.5) is 0 Å². The summed E-state index contributed by atoms with van der Waals surface area (Å²) in [5.74, 6) is 0.818. The molecule has 0 bridgehead atoms. The van der Waals surface area contributed by atoms with Gasteiger partial charge in [-0.1, -0.05) is 18.2 Å². The van der Waals surface area contributed by atoms with Gasteiger partial charge in [0.2, 0.25) is 0 Å². The molecule has 3 aromatic rings. The van der Waals surface area contributed by atoms with E-state index in [1.54, 1.807) is 12.1 Å². The van der Waals surface area contributed by atoms with Crippen LogP contribution >= 0.6 is 0 Å². The zero-order valence-corrected chi connectivity index (χ0v) is 11.1. The van der Waals surface area contributed by atoms with Crippen molar-refractivity contribution in [2.24, 2.45) is 0 Å². The lowest BCUT2D eigenvalue weighted by Crippen LogP contribution is -1.96. The average molecular weight is 263 g/mol. The number of aryl methyl sites for hydroxylation is 1. The summed E-state index contributed by atoms with van der Waals surface area (Å²) in [5, 5.41) is 17.0. The monoisotopic (exact) mass is 263 g/mol. The van der Waals surface area contributed by atoms with Gasteiger partial charge in [-0.15, -0.1) is 0 Å². The molecule has 0 saturated heterocycles. The minimum absolute atomic E-state index is 0.468. The lowest BCUT2D eigenvalue weighted by Gasteiger charge is -2.08. The second-order valence-electron chi connectivity index (χ2n) is 4.59. The van der Waals surface area contributed by atoms with E-state index in [-0.39, 0.29) is 0 Å². The fourth-order valence-electron chi connectivity index (χ4n) is 2.15. The van der Waals surface area contributed by atoms with Crippen molar-refractivity contribution in [2.45, 2.75) is 13.5 Å². The van der Waals surface area contributed by atoms with Crippen LogP contribution in [0.5, 0.6) is 5.75 Å². The van der Waals surface area contributed by atoms with Gasteiger partial charge in [0.1, 0.15) is 12.4 Å². The summed E-state index contributed by atoms with van der Waals surface area (Å²) >= 11 is 0. The average Bonchev–Trinajstić information content (AvgIpc) is 2.88. The van der Waals surface area contributed by atoms with Gasteiger partial charge in [-0.25, -0.2) is 0 Å². The van der Waals surface area contributed by atoms with Crippen LogP contribution in [-0.4, -0.2) is 10.2 Å². The molecule has 0 aliphatic rings. The van der Waals surface area contributed by atoms with Gasteiger partial charge >= 0.3 is 0 Å². The van der Waals surface area contributed by atoms with Crippen molar-refractivity contribution in [1.29, 1.82) is 5.26 Å². The first-order chi connectivity index (χ1) is 9.78. The second kappa shape index (κ2) is 5.06. The van der Waals surface area contributed by atoms with Gasteiger partial charge in [0, 0.05) is 0 Å². The molecule has 98 valence electrons. The molecular formula is C16H13N3O. The molecule has 4 nitrogen and oxygen atoms in total. The molecule has 0 radical (unpaired) electrons. The number of hydrogen-bond acceptors (Lipinski definition) is 3. The molecule has 0 fully saturated rings. The number of rotatable bonds is 3. The molecule has 1 heterocycles. The summed E-state index contributed by atoms with van der Waals surface area (Å²) in [6, 6.07) is 15.4. The van der Waals surface area contributed by atoms with Crippen molar-refractivity contribution in [2.75, 3.05) is 0 Å². The molecule has 0 saturated carbocycles. The van der Waals surface area contributed by atoms with Gasteiger partial charge in [-0.05, 0) is 36.8 Å². The first-order valence-electron chi connectivity index (χ1n) is 6.33. The summed E-state index contributed by atoms with van der Waals surface area (Å²) in [6.07, 6.45) is 0. The third kappa shape index (κ3) is 2.21. The molecule has 20 heavy (non-hydrogen) atoms. The van der Waals surface area contributed by atoms with E-state index < -0.39 is 0 Å². The van der Waals surface area contributed by atoms with Crippen LogP contribution in [0.3, 0.4) is 0 Å². The molecule has 1 aromatic heterocycles. The van der Waals surface area contributed by atoms with E-state index in [0.717, 1.165) is 27.9 Å². The van der Waals surface area contributed by atoms with E-state index in [1.807, 2.05) is 37.3 Å². The number of fused-ring (bicyclic) bond motifs is 1. The highest BCUT2D eigenvalue weighted by atomic mass is 16.5. The lowest BCUT2D eigenvalue weighted by molar-refractivity contribution is 0.310. The number of hydrogen-bond donors (Lipinski definition) is 1. The van der Waals surface area contributed by atoms with Crippen molar-refractivity contribution < 1.29 is 4.74 Å². The standard InChI is InChI=1S/C16H13N3O/c1-11-16-14(19-18-11)3-2-4-15(16)20-10-13-7-5-12(9-17)6-8-13/h2-8H,10H2,1H3,(H,18,19). The normalized spacial score (nSPS) is 10.4. The molecule has 0 aliphatic carbocycles. The molecule has 0 unspecified atom stereocenters. The minimum atomic E-state index is 0.468. The van der Waals surface area contributed by atoms with Gasteiger partial charge in [0.05, 0.1) is 28.2 Å². The Labute approximate surface area is 116 Å². The van der Waals surface area contributed by atoms with Gasteiger partial charge < -0.3 is 4.74 Å². The van der Waals surface area contributed by atoms with E-state index in [1.165, 1.54) is 0 Å². The number of benzene rings is 2. The summed E-state index contributed by atoms with van der Waals surface area (Å²) in [5.41, 5.74) is 3.58. The van der Waals surface area contributed by atoms with Crippen LogP contribution in [0.15, 0.2) is 42.5 Å². The lowest BCUT2D eigenvalue weighted by atomic mass is 10.1. The molecule has 4 heteroatoms. The minimum Gasteiger partial charge on any atom is -0.488 e.